The van der Waals surface area contributed by atoms with Gasteiger partial charge < -0.3 is 36.1 Å². The Labute approximate surface area is 229 Å². The van der Waals surface area contributed by atoms with Crippen LogP contribution in [-0.4, -0.2) is 93.2 Å². The van der Waals surface area contributed by atoms with Crippen molar-refractivity contribution in [2.75, 3.05) is 39.5 Å². The lowest BCUT2D eigenvalue weighted by molar-refractivity contribution is -0.134. The molecule has 0 unspecified atom stereocenters. The number of ether oxygens (including phenoxy) is 2. The summed E-state index contributed by atoms with van der Waals surface area (Å²) >= 11 is 0. The van der Waals surface area contributed by atoms with Gasteiger partial charge in [0, 0.05) is 24.9 Å². The molecular formula is C24H44N8O7. The highest BCUT2D eigenvalue weighted by atomic mass is 16.5. The van der Waals surface area contributed by atoms with E-state index in [1.54, 1.807) is 27.7 Å². The molecule has 0 aromatic carbocycles. The van der Waals surface area contributed by atoms with Gasteiger partial charge in [-0.25, -0.2) is 0 Å². The van der Waals surface area contributed by atoms with Gasteiger partial charge in [0.1, 0.15) is 24.2 Å². The third-order valence-electron chi connectivity index (χ3n) is 5.54. The van der Waals surface area contributed by atoms with Gasteiger partial charge in [-0.15, -0.1) is 0 Å². The predicted octanol–water partition coefficient (Wildman–Crippen LogP) is 0.0452. The van der Waals surface area contributed by atoms with E-state index in [0.29, 0.717) is 32.7 Å². The van der Waals surface area contributed by atoms with E-state index in [2.05, 4.69) is 36.6 Å². The van der Waals surface area contributed by atoms with E-state index in [9.17, 15) is 24.0 Å². The minimum Gasteiger partial charge on any atom is -0.379 e. The average molecular weight is 557 g/mol. The van der Waals surface area contributed by atoms with Gasteiger partial charge in [0.05, 0.1) is 26.4 Å². The summed E-state index contributed by atoms with van der Waals surface area (Å²) in [5.74, 6) is -2.29. The number of carbonyl (C=O) groups is 5. The van der Waals surface area contributed by atoms with E-state index in [1.807, 2.05) is 0 Å². The van der Waals surface area contributed by atoms with Gasteiger partial charge in [-0.05, 0) is 31.2 Å². The molecule has 5 N–H and O–H groups in total. The summed E-state index contributed by atoms with van der Waals surface area (Å²) in [5.41, 5.74) is 8.17. The van der Waals surface area contributed by atoms with Crippen LogP contribution in [-0.2, 0) is 33.4 Å². The van der Waals surface area contributed by atoms with Gasteiger partial charge in [0.2, 0.25) is 29.5 Å². The molecule has 0 fully saturated rings. The Hall–Kier alpha value is -3.42. The molecule has 15 heteroatoms. The minimum absolute atomic E-state index is 0.229. The number of azide groups is 1. The molecule has 0 saturated heterocycles. The van der Waals surface area contributed by atoms with Gasteiger partial charge in [-0.2, -0.15) is 0 Å². The van der Waals surface area contributed by atoms with Crippen molar-refractivity contribution in [2.24, 2.45) is 5.11 Å². The van der Waals surface area contributed by atoms with Crippen LogP contribution in [0.4, 0.5) is 0 Å². The predicted molar refractivity (Wildman–Crippen MR) is 143 cm³/mol. The molecular weight excluding hydrogens is 512 g/mol. The van der Waals surface area contributed by atoms with Crippen molar-refractivity contribution in [1.29, 1.82) is 0 Å². The molecule has 15 nitrogen and oxygen atoms in total. The maximum absolute atomic E-state index is 12.8. The number of nitrogens with one attached hydrogen (secondary N) is 5. The Morgan fingerprint density at radius 3 is 1.49 bits per heavy atom. The van der Waals surface area contributed by atoms with Crippen molar-refractivity contribution in [2.45, 2.75) is 84.5 Å². The summed E-state index contributed by atoms with van der Waals surface area (Å²) in [6.07, 6.45) is 1.22. The van der Waals surface area contributed by atoms with Crippen LogP contribution >= 0.6 is 0 Å². The fourth-order valence-electron chi connectivity index (χ4n) is 3.32. The molecule has 0 rings (SSSR count). The zero-order valence-corrected chi connectivity index (χ0v) is 23.6. The number of nitrogens with zero attached hydrogens (tertiary/aromatic N) is 3. The van der Waals surface area contributed by atoms with Crippen LogP contribution < -0.4 is 26.6 Å². The van der Waals surface area contributed by atoms with E-state index >= 15 is 0 Å². The number of hydrogen-bond acceptors (Lipinski definition) is 8. The molecule has 0 radical (unpaired) electrons. The van der Waals surface area contributed by atoms with Gasteiger partial charge in [-0.1, -0.05) is 32.8 Å². The van der Waals surface area contributed by atoms with Crippen LogP contribution in [0, 0.1) is 0 Å². The average Bonchev–Trinajstić information content (AvgIpc) is 2.92. The quantitative estimate of drug-likeness (QED) is 0.0566. The lowest BCUT2D eigenvalue weighted by Crippen LogP contribution is -2.57. The first-order valence-electron chi connectivity index (χ1n) is 13.3. The molecule has 0 aliphatic rings. The number of carbonyl (C=O) groups excluding carboxylic acids is 5. The fraction of sp³-hybridized carbons (Fsp3) is 0.792. The van der Waals surface area contributed by atoms with E-state index < -0.39 is 41.9 Å². The van der Waals surface area contributed by atoms with Gasteiger partial charge in [0.25, 0.3) is 0 Å². The fourth-order valence-corrected chi connectivity index (χ4v) is 3.32. The molecule has 0 aromatic rings. The van der Waals surface area contributed by atoms with E-state index in [1.165, 1.54) is 6.92 Å². The molecule has 5 amide bonds. The molecule has 39 heavy (non-hydrogen) atoms. The Morgan fingerprint density at radius 1 is 0.667 bits per heavy atom. The zero-order valence-electron chi connectivity index (χ0n) is 23.6. The molecule has 0 saturated carbocycles. The lowest BCUT2D eigenvalue weighted by atomic mass is 10.1. The standard InChI is InChI=1S/C24H44N8O7/c1-6-17(21(34)26-10-12-38-14-15-39-13-11-27-32-25)29-23(36)19(8-3)31-24(37)20(9-4)30-22(35)18(7-2)28-16(5)33/h17-20H,6-15H2,1-5H3,(H,26,34)(H,28,33)(H,29,36)(H,30,35)(H,31,37)/t17-,18-,19-,20+/m0/s1. The summed E-state index contributed by atoms with van der Waals surface area (Å²) in [4.78, 5) is 64.6. The summed E-state index contributed by atoms with van der Waals surface area (Å²) in [7, 11) is 0. The molecule has 4 atom stereocenters. The smallest absolute Gasteiger partial charge is 0.243 e. The first-order valence-corrected chi connectivity index (χ1v) is 13.3. The van der Waals surface area contributed by atoms with E-state index in [-0.39, 0.29) is 44.4 Å². The van der Waals surface area contributed by atoms with Gasteiger partial charge >= 0.3 is 0 Å². The monoisotopic (exact) mass is 556 g/mol. The van der Waals surface area contributed by atoms with Crippen molar-refractivity contribution in [3.8, 4) is 0 Å². The van der Waals surface area contributed by atoms with Gasteiger partial charge in [0.15, 0.2) is 0 Å². The zero-order chi connectivity index (χ0) is 29.6. The van der Waals surface area contributed by atoms with Crippen molar-refractivity contribution < 1.29 is 33.4 Å². The SMILES string of the molecule is CC[C@H](NC(C)=O)C(=O)N[C@H](CC)C(=O)N[C@@H](CC)C(=O)N[C@@H](CC)C(=O)NCCOCCOCCN=[N+]=[N-]. The first-order chi connectivity index (χ1) is 18.6. The first kappa shape index (κ1) is 35.6. The maximum Gasteiger partial charge on any atom is 0.243 e. The summed E-state index contributed by atoms with van der Waals surface area (Å²) in [5, 5.41) is 16.5. The highest BCUT2D eigenvalue weighted by Crippen LogP contribution is 2.01. The molecule has 0 aliphatic carbocycles. The Balaban J connectivity index is 4.68. The minimum atomic E-state index is -0.912. The molecule has 222 valence electrons. The second kappa shape index (κ2) is 21.5. The van der Waals surface area contributed by atoms with E-state index in [4.69, 9.17) is 15.0 Å². The normalized spacial score (nSPS) is 13.6. The topological polar surface area (TPSA) is 213 Å². The Bertz CT molecular complexity index is 835. The van der Waals surface area contributed by atoms with Crippen molar-refractivity contribution >= 4 is 29.5 Å². The van der Waals surface area contributed by atoms with Crippen LogP contribution in [0.3, 0.4) is 0 Å². The highest BCUT2D eigenvalue weighted by Gasteiger charge is 2.29. The van der Waals surface area contributed by atoms with Crippen LogP contribution in [0.1, 0.15) is 60.3 Å². The molecule has 0 aliphatic heterocycles. The number of amides is 5. The van der Waals surface area contributed by atoms with E-state index in [0.717, 1.165) is 0 Å². The summed E-state index contributed by atoms with van der Waals surface area (Å²) in [6, 6.07) is -3.39. The number of rotatable bonds is 21. The maximum atomic E-state index is 12.8. The summed E-state index contributed by atoms with van der Waals surface area (Å²) in [6.45, 7) is 9.86. The van der Waals surface area contributed by atoms with Crippen LogP contribution in [0.2, 0.25) is 0 Å². The second-order valence-electron chi connectivity index (χ2n) is 8.54. The third kappa shape index (κ3) is 15.6. The Morgan fingerprint density at radius 2 is 1.08 bits per heavy atom. The molecule has 0 spiro atoms. The van der Waals surface area contributed by atoms with Crippen LogP contribution in [0.5, 0.6) is 0 Å². The highest BCUT2D eigenvalue weighted by molar-refractivity contribution is 5.95. The molecule has 0 heterocycles. The second-order valence-corrected chi connectivity index (χ2v) is 8.54. The van der Waals surface area contributed by atoms with Crippen molar-refractivity contribution in [1.82, 2.24) is 26.6 Å². The van der Waals surface area contributed by atoms with Crippen LogP contribution in [0.15, 0.2) is 5.11 Å². The lowest BCUT2D eigenvalue weighted by Gasteiger charge is -2.25. The molecule has 0 aromatic heterocycles. The van der Waals surface area contributed by atoms with Crippen molar-refractivity contribution in [3.63, 3.8) is 0 Å². The Kier molecular flexibility index (Phi) is 19.6. The van der Waals surface area contributed by atoms with Crippen LogP contribution in [0.25, 0.3) is 10.4 Å². The van der Waals surface area contributed by atoms with Crippen molar-refractivity contribution in [3.05, 3.63) is 10.4 Å². The van der Waals surface area contributed by atoms with Gasteiger partial charge in [-0.3, -0.25) is 24.0 Å². The number of hydrogen-bond donors (Lipinski definition) is 5. The molecule has 0 bridgehead atoms. The summed E-state index contributed by atoms with van der Waals surface area (Å²) < 4.78 is 10.6. The largest absolute Gasteiger partial charge is 0.379 e. The third-order valence-corrected chi connectivity index (χ3v) is 5.54.